The van der Waals surface area contributed by atoms with Crippen molar-refractivity contribution >= 4 is 39.1 Å². The molecule has 3 aromatic rings. The summed E-state index contributed by atoms with van der Waals surface area (Å²) in [4.78, 5) is 35.7. The van der Waals surface area contributed by atoms with E-state index in [2.05, 4.69) is 26.7 Å². The maximum Gasteiger partial charge on any atom is 0.261 e. The number of hydrogen-bond donors (Lipinski definition) is 2. The summed E-state index contributed by atoms with van der Waals surface area (Å²) in [5.41, 5.74) is 1.00. The lowest BCUT2D eigenvalue weighted by molar-refractivity contribution is 0.0521. The number of carbonyl (C=O) groups excluding carboxylic acids is 2. The zero-order valence-electron chi connectivity index (χ0n) is 20.4. The van der Waals surface area contributed by atoms with Crippen LogP contribution in [0.1, 0.15) is 64.2 Å². The van der Waals surface area contributed by atoms with Crippen LogP contribution in [0.4, 0.5) is 5.69 Å². The monoisotopic (exact) mass is 505 g/mol. The van der Waals surface area contributed by atoms with Crippen molar-refractivity contribution in [3.8, 4) is 17.7 Å². The zero-order chi connectivity index (χ0) is 25.5. The zero-order valence-corrected chi connectivity index (χ0v) is 21.3. The van der Waals surface area contributed by atoms with Crippen molar-refractivity contribution in [3.05, 3.63) is 40.5 Å². The molecule has 2 N–H and O–H groups in total. The molecule has 2 bridgehead atoms. The van der Waals surface area contributed by atoms with E-state index in [1.54, 1.807) is 6.07 Å². The Labute approximate surface area is 212 Å². The molecule has 3 aliphatic carbocycles. The molecular weight excluding hydrogens is 478 g/mol. The van der Waals surface area contributed by atoms with E-state index in [9.17, 15) is 14.9 Å². The van der Waals surface area contributed by atoms with Crippen LogP contribution in [0.2, 0.25) is 0 Å². The molecule has 0 aliphatic heterocycles. The van der Waals surface area contributed by atoms with Crippen molar-refractivity contribution in [2.75, 3.05) is 19.5 Å². The molecule has 36 heavy (non-hydrogen) atoms. The summed E-state index contributed by atoms with van der Waals surface area (Å²) >= 11 is 1.41. The lowest BCUT2D eigenvalue weighted by Crippen LogP contribution is -2.56. The quantitative estimate of drug-likeness (QED) is 0.501. The molecule has 0 saturated heterocycles. The number of methoxy groups -OCH3 is 2. The smallest absolute Gasteiger partial charge is 0.261 e. The van der Waals surface area contributed by atoms with Gasteiger partial charge in [-0.15, -0.1) is 11.3 Å². The number of fused-ring (bicyclic) bond motifs is 4. The molecule has 3 fully saturated rings. The van der Waals surface area contributed by atoms with Gasteiger partial charge >= 0.3 is 0 Å². The predicted molar refractivity (Wildman–Crippen MR) is 136 cm³/mol. The molecule has 0 unspecified atom stereocenters. The largest absolute Gasteiger partial charge is 0.496 e. The van der Waals surface area contributed by atoms with Gasteiger partial charge in [0, 0.05) is 11.6 Å². The standard InChI is InChI=1S/C26H27N5O4S/c1-15-29-17-4-5-19(34-2)21(22(17)36-15)24(33)30-18-13-28-20(35-3)12-16(18)23(32)31-26-9-6-25(14-27,7-10-26)8-11-26/h4-5,12-13H,6-11H2,1-3H3,(H,30,33)(H,31,32). The van der Waals surface area contributed by atoms with E-state index in [1.807, 2.05) is 13.0 Å². The topological polar surface area (TPSA) is 126 Å². The van der Waals surface area contributed by atoms with E-state index < -0.39 is 5.91 Å². The van der Waals surface area contributed by atoms with Crippen molar-refractivity contribution in [2.24, 2.45) is 5.41 Å². The highest BCUT2D eigenvalue weighted by Crippen LogP contribution is 2.52. The molecular formula is C26H27N5O4S. The number of thiazole rings is 1. The highest BCUT2D eigenvalue weighted by atomic mass is 32.1. The van der Waals surface area contributed by atoms with E-state index in [-0.39, 0.29) is 34.0 Å². The summed E-state index contributed by atoms with van der Waals surface area (Å²) < 4.78 is 11.4. The van der Waals surface area contributed by atoms with Gasteiger partial charge in [-0.3, -0.25) is 9.59 Å². The van der Waals surface area contributed by atoms with Crippen molar-refractivity contribution in [1.29, 1.82) is 5.26 Å². The number of benzene rings is 1. The number of nitrogens with zero attached hydrogens (tertiary/aromatic N) is 3. The second-order valence-electron chi connectivity index (χ2n) is 9.58. The number of aromatic nitrogens is 2. The van der Waals surface area contributed by atoms with E-state index in [4.69, 9.17) is 9.47 Å². The van der Waals surface area contributed by atoms with E-state index in [0.29, 0.717) is 21.5 Å². The van der Waals surface area contributed by atoms with Gasteiger partial charge in [0.25, 0.3) is 11.8 Å². The highest BCUT2D eigenvalue weighted by Gasteiger charge is 2.49. The third-order valence-corrected chi connectivity index (χ3v) is 8.52. The first-order chi connectivity index (χ1) is 17.3. The molecule has 10 heteroatoms. The number of nitriles is 1. The van der Waals surface area contributed by atoms with Crippen LogP contribution in [0, 0.1) is 23.7 Å². The van der Waals surface area contributed by atoms with Crippen LogP contribution in [0.3, 0.4) is 0 Å². The second-order valence-corrected chi connectivity index (χ2v) is 10.8. The molecule has 6 rings (SSSR count). The van der Waals surface area contributed by atoms with Gasteiger partial charge < -0.3 is 20.1 Å². The van der Waals surface area contributed by atoms with Gasteiger partial charge in [-0.2, -0.15) is 5.26 Å². The molecule has 2 aromatic heterocycles. The highest BCUT2D eigenvalue weighted by molar-refractivity contribution is 7.19. The first-order valence-corrected chi connectivity index (χ1v) is 12.7. The van der Waals surface area contributed by atoms with Gasteiger partial charge in [-0.05, 0) is 57.6 Å². The van der Waals surface area contributed by atoms with Crippen LogP contribution in [-0.2, 0) is 0 Å². The van der Waals surface area contributed by atoms with E-state index in [1.165, 1.54) is 37.8 Å². The van der Waals surface area contributed by atoms with Gasteiger partial charge in [0.05, 0.1) is 58.4 Å². The fourth-order valence-electron chi connectivity index (χ4n) is 5.34. The third-order valence-electron chi connectivity index (χ3n) is 7.52. The van der Waals surface area contributed by atoms with Gasteiger partial charge in [-0.1, -0.05) is 0 Å². The van der Waals surface area contributed by atoms with Gasteiger partial charge in [0.2, 0.25) is 5.88 Å². The lowest BCUT2D eigenvalue weighted by Gasteiger charge is -2.50. The third kappa shape index (κ3) is 4.13. The molecule has 3 saturated carbocycles. The van der Waals surface area contributed by atoms with Crippen LogP contribution in [0.25, 0.3) is 10.2 Å². The van der Waals surface area contributed by atoms with Crippen molar-refractivity contribution in [3.63, 3.8) is 0 Å². The molecule has 2 heterocycles. The van der Waals surface area contributed by atoms with Crippen molar-refractivity contribution in [2.45, 2.75) is 51.0 Å². The lowest BCUT2D eigenvalue weighted by atomic mass is 9.58. The maximum atomic E-state index is 13.5. The molecule has 186 valence electrons. The minimum absolute atomic E-state index is 0.249. The molecule has 9 nitrogen and oxygen atoms in total. The Hall–Kier alpha value is -3.71. The fourth-order valence-corrected chi connectivity index (χ4v) is 6.29. The number of pyridine rings is 1. The van der Waals surface area contributed by atoms with Crippen molar-refractivity contribution in [1.82, 2.24) is 15.3 Å². The van der Waals surface area contributed by atoms with Crippen LogP contribution in [-0.4, -0.2) is 41.5 Å². The summed E-state index contributed by atoms with van der Waals surface area (Å²) in [6.45, 7) is 1.88. The summed E-state index contributed by atoms with van der Waals surface area (Å²) in [5.74, 6) is -0.0461. The summed E-state index contributed by atoms with van der Waals surface area (Å²) in [6.07, 6.45) is 6.07. The van der Waals surface area contributed by atoms with E-state index >= 15 is 0 Å². The minimum Gasteiger partial charge on any atom is -0.496 e. The number of nitrogens with one attached hydrogen (secondary N) is 2. The molecule has 0 spiro atoms. The average molecular weight is 506 g/mol. The fraction of sp³-hybridized carbons (Fsp3) is 0.423. The average Bonchev–Trinajstić information content (AvgIpc) is 3.29. The summed E-state index contributed by atoms with van der Waals surface area (Å²) in [5, 5.41) is 16.5. The number of hydrogen-bond acceptors (Lipinski definition) is 8. The van der Waals surface area contributed by atoms with Crippen molar-refractivity contribution < 1.29 is 19.1 Å². The van der Waals surface area contributed by atoms with E-state index in [0.717, 1.165) is 43.5 Å². The Balaban J connectivity index is 1.45. The van der Waals surface area contributed by atoms with Gasteiger partial charge in [0.1, 0.15) is 11.3 Å². The maximum absolute atomic E-state index is 13.5. The summed E-state index contributed by atoms with van der Waals surface area (Å²) in [6, 6.07) is 7.55. The van der Waals surface area contributed by atoms with Gasteiger partial charge in [0.15, 0.2) is 0 Å². The predicted octanol–water partition coefficient (Wildman–Crippen LogP) is 4.62. The number of ether oxygens (including phenoxy) is 2. The number of aryl methyl sites for hydroxylation is 1. The molecule has 3 aliphatic rings. The van der Waals surface area contributed by atoms with Crippen LogP contribution < -0.4 is 20.1 Å². The molecule has 2 amide bonds. The number of rotatable bonds is 6. The molecule has 0 atom stereocenters. The Morgan fingerprint density at radius 1 is 1.08 bits per heavy atom. The second kappa shape index (κ2) is 9.06. The number of amides is 2. The van der Waals surface area contributed by atoms with Gasteiger partial charge in [-0.25, -0.2) is 9.97 Å². The Morgan fingerprint density at radius 2 is 1.81 bits per heavy atom. The van der Waals surface area contributed by atoms with Crippen LogP contribution in [0.5, 0.6) is 11.6 Å². The van der Waals surface area contributed by atoms with Crippen LogP contribution >= 0.6 is 11.3 Å². The Bertz CT molecular complexity index is 1380. The minimum atomic E-state index is -0.422. The SMILES string of the molecule is COc1cc(C(=O)NC23CCC(C#N)(CC2)CC3)c(NC(=O)c2c(OC)ccc3nc(C)sc23)cn1. The Morgan fingerprint density at radius 3 is 2.44 bits per heavy atom. The molecule has 0 radical (unpaired) electrons. The summed E-state index contributed by atoms with van der Waals surface area (Å²) in [7, 11) is 2.98. The number of carbonyl (C=O) groups is 2. The first-order valence-electron chi connectivity index (χ1n) is 11.8. The van der Waals surface area contributed by atoms with Crippen LogP contribution in [0.15, 0.2) is 24.4 Å². The normalized spacial score (nSPS) is 22.6. The first kappa shape index (κ1) is 24.0. The number of anilines is 1. The molecule has 1 aromatic carbocycles. The Kier molecular flexibility index (Phi) is 6.04.